The Kier molecular flexibility index (Phi) is 8.08. The van der Waals surface area contributed by atoms with Crippen molar-refractivity contribution in [3.8, 4) is 11.5 Å². The summed E-state index contributed by atoms with van der Waals surface area (Å²) in [6.07, 6.45) is 0.853. The van der Waals surface area contributed by atoms with Crippen molar-refractivity contribution < 1.29 is 24.1 Å². The molecule has 0 heterocycles. The van der Waals surface area contributed by atoms with Gasteiger partial charge in [0.1, 0.15) is 18.4 Å². The van der Waals surface area contributed by atoms with E-state index in [4.69, 9.17) is 15.2 Å². The molecule has 0 bridgehead atoms. The van der Waals surface area contributed by atoms with Gasteiger partial charge in [0.25, 0.3) is 0 Å². The number of rotatable bonds is 9. The summed E-state index contributed by atoms with van der Waals surface area (Å²) in [7, 11) is 2.77. The quantitative estimate of drug-likeness (QED) is 0.454. The lowest BCUT2D eigenvalue weighted by molar-refractivity contribution is -0.136. The van der Waals surface area contributed by atoms with Gasteiger partial charge >= 0.3 is 5.97 Å². The number of hydrogen-bond donors (Lipinski definition) is 3. The van der Waals surface area contributed by atoms with Crippen LogP contribution in [-0.4, -0.2) is 50.6 Å². The standard InChI is InChI=1S/C17H26N2O5/c1-11(2)19-9-13(20)10-24-15-6-5-12(8-16(15)22-3)7-14(18)17(21)23-4/h5-8,11,13,19-20H,9-10,18H2,1-4H3. The molecule has 0 spiro atoms. The van der Waals surface area contributed by atoms with Crippen molar-refractivity contribution in [1.82, 2.24) is 5.32 Å². The maximum Gasteiger partial charge on any atom is 0.353 e. The molecule has 0 aliphatic heterocycles. The first kappa shape index (κ1) is 19.8. The van der Waals surface area contributed by atoms with Gasteiger partial charge in [-0.3, -0.25) is 0 Å². The van der Waals surface area contributed by atoms with E-state index in [1.165, 1.54) is 20.3 Å². The largest absolute Gasteiger partial charge is 0.493 e. The van der Waals surface area contributed by atoms with E-state index >= 15 is 0 Å². The highest BCUT2D eigenvalue weighted by molar-refractivity contribution is 5.92. The monoisotopic (exact) mass is 338 g/mol. The lowest BCUT2D eigenvalue weighted by Crippen LogP contribution is -2.35. The number of esters is 1. The fourth-order valence-corrected chi connectivity index (χ4v) is 1.87. The second-order valence-electron chi connectivity index (χ2n) is 5.53. The number of methoxy groups -OCH3 is 2. The van der Waals surface area contributed by atoms with E-state index in [1.807, 2.05) is 13.8 Å². The maximum absolute atomic E-state index is 11.3. The molecule has 1 aromatic rings. The summed E-state index contributed by atoms with van der Waals surface area (Å²) in [6, 6.07) is 5.40. The zero-order chi connectivity index (χ0) is 18.1. The van der Waals surface area contributed by atoms with E-state index in [0.29, 0.717) is 29.6 Å². The molecule has 0 radical (unpaired) electrons. The SMILES string of the molecule is COC(=O)C(N)=Cc1ccc(OCC(O)CNC(C)C)c(OC)c1. The summed E-state index contributed by atoms with van der Waals surface area (Å²) < 4.78 is 15.4. The number of carbonyl (C=O) groups is 1. The molecule has 0 saturated heterocycles. The molecule has 7 nitrogen and oxygen atoms in total. The third-order valence-corrected chi connectivity index (χ3v) is 3.12. The van der Waals surface area contributed by atoms with E-state index in [-0.39, 0.29) is 12.3 Å². The van der Waals surface area contributed by atoms with Crippen molar-refractivity contribution in [3.63, 3.8) is 0 Å². The lowest BCUT2D eigenvalue weighted by Gasteiger charge is -2.16. The Bertz CT molecular complexity index is 572. The van der Waals surface area contributed by atoms with E-state index < -0.39 is 12.1 Å². The average molecular weight is 338 g/mol. The smallest absolute Gasteiger partial charge is 0.353 e. The van der Waals surface area contributed by atoms with Crippen molar-refractivity contribution in [3.05, 3.63) is 29.5 Å². The number of nitrogens with one attached hydrogen (secondary N) is 1. The average Bonchev–Trinajstić information content (AvgIpc) is 2.57. The Balaban J connectivity index is 2.75. The molecule has 1 aromatic carbocycles. The number of hydrogen-bond acceptors (Lipinski definition) is 7. The Hall–Kier alpha value is -2.25. The van der Waals surface area contributed by atoms with E-state index in [2.05, 4.69) is 10.1 Å². The van der Waals surface area contributed by atoms with Crippen LogP contribution in [0.25, 0.3) is 6.08 Å². The Labute approximate surface area is 142 Å². The van der Waals surface area contributed by atoms with Crippen molar-refractivity contribution in [1.29, 1.82) is 0 Å². The van der Waals surface area contributed by atoms with Crippen LogP contribution in [0, 0.1) is 0 Å². The van der Waals surface area contributed by atoms with Crippen LogP contribution in [0.5, 0.6) is 11.5 Å². The highest BCUT2D eigenvalue weighted by atomic mass is 16.5. The first-order valence-electron chi connectivity index (χ1n) is 7.65. The second kappa shape index (κ2) is 9.79. The summed E-state index contributed by atoms with van der Waals surface area (Å²) in [4.78, 5) is 11.3. The number of aliphatic hydroxyl groups excluding tert-OH is 1. The molecule has 4 N–H and O–H groups in total. The summed E-state index contributed by atoms with van der Waals surface area (Å²) >= 11 is 0. The van der Waals surface area contributed by atoms with Crippen LogP contribution in [0.4, 0.5) is 0 Å². The number of benzene rings is 1. The fourth-order valence-electron chi connectivity index (χ4n) is 1.87. The van der Waals surface area contributed by atoms with E-state index in [9.17, 15) is 9.90 Å². The molecule has 0 amide bonds. The van der Waals surface area contributed by atoms with Gasteiger partial charge in [-0.25, -0.2) is 4.79 Å². The topological polar surface area (TPSA) is 103 Å². The van der Waals surface area contributed by atoms with Crippen LogP contribution in [0.2, 0.25) is 0 Å². The molecule has 0 saturated carbocycles. The van der Waals surface area contributed by atoms with Gasteiger partial charge in [0.2, 0.25) is 0 Å². The molecule has 0 aliphatic carbocycles. The molecular formula is C17H26N2O5. The third-order valence-electron chi connectivity index (χ3n) is 3.12. The summed E-state index contributed by atoms with van der Waals surface area (Å²) in [5.41, 5.74) is 6.28. The van der Waals surface area contributed by atoms with Gasteiger partial charge in [-0.1, -0.05) is 19.9 Å². The minimum atomic E-state index is -0.633. The van der Waals surface area contributed by atoms with E-state index in [0.717, 1.165) is 0 Å². The molecule has 0 fully saturated rings. The molecular weight excluding hydrogens is 312 g/mol. The third kappa shape index (κ3) is 6.47. The van der Waals surface area contributed by atoms with Crippen LogP contribution in [0.15, 0.2) is 23.9 Å². The lowest BCUT2D eigenvalue weighted by atomic mass is 10.1. The van der Waals surface area contributed by atoms with Crippen LogP contribution >= 0.6 is 0 Å². The molecule has 1 atom stereocenters. The van der Waals surface area contributed by atoms with Crippen LogP contribution < -0.4 is 20.5 Å². The molecule has 24 heavy (non-hydrogen) atoms. The highest BCUT2D eigenvalue weighted by Crippen LogP contribution is 2.28. The first-order valence-corrected chi connectivity index (χ1v) is 7.65. The molecule has 0 aliphatic rings. The molecule has 1 unspecified atom stereocenters. The minimum Gasteiger partial charge on any atom is -0.493 e. The Morgan fingerprint density at radius 3 is 2.62 bits per heavy atom. The summed E-state index contributed by atoms with van der Waals surface area (Å²) in [6.45, 7) is 4.58. The van der Waals surface area contributed by atoms with Crippen LogP contribution in [0.3, 0.4) is 0 Å². The van der Waals surface area contributed by atoms with Gasteiger partial charge in [0, 0.05) is 12.6 Å². The van der Waals surface area contributed by atoms with Gasteiger partial charge < -0.3 is 30.4 Å². The molecule has 7 heteroatoms. The first-order chi connectivity index (χ1) is 11.4. The predicted octanol–water partition coefficient (Wildman–Crippen LogP) is 0.905. The normalized spacial score (nSPS) is 12.8. The number of nitrogens with two attached hydrogens (primary N) is 1. The Morgan fingerprint density at radius 2 is 2.04 bits per heavy atom. The van der Waals surface area contributed by atoms with Gasteiger partial charge in [0.15, 0.2) is 11.5 Å². The number of aliphatic hydroxyl groups is 1. The summed E-state index contributed by atoms with van der Waals surface area (Å²) in [5, 5.41) is 13.0. The molecule has 1 rings (SSSR count). The zero-order valence-electron chi connectivity index (χ0n) is 14.5. The number of carbonyl (C=O) groups excluding carboxylic acids is 1. The van der Waals surface area contributed by atoms with Gasteiger partial charge in [0.05, 0.1) is 14.2 Å². The van der Waals surface area contributed by atoms with Crippen molar-refractivity contribution in [2.75, 3.05) is 27.4 Å². The predicted molar refractivity (Wildman–Crippen MR) is 91.8 cm³/mol. The minimum absolute atomic E-state index is 0.0107. The molecule has 0 aromatic heterocycles. The highest BCUT2D eigenvalue weighted by Gasteiger charge is 2.11. The maximum atomic E-state index is 11.3. The number of ether oxygens (including phenoxy) is 3. The fraction of sp³-hybridized carbons (Fsp3) is 0.471. The Morgan fingerprint density at radius 1 is 1.33 bits per heavy atom. The zero-order valence-corrected chi connectivity index (χ0v) is 14.5. The van der Waals surface area contributed by atoms with Crippen molar-refractivity contribution in [2.24, 2.45) is 5.73 Å². The van der Waals surface area contributed by atoms with Crippen molar-refractivity contribution in [2.45, 2.75) is 26.0 Å². The second-order valence-corrected chi connectivity index (χ2v) is 5.53. The van der Waals surface area contributed by atoms with E-state index in [1.54, 1.807) is 18.2 Å². The molecule has 134 valence electrons. The summed E-state index contributed by atoms with van der Waals surface area (Å²) in [5.74, 6) is 0.371. The van der Waals surface area contributed by atoms with Gasteiger partial charge in [-0.2, -0.15) is 0 Å². The van der Waals surface area contributed by atoms with Gasteiger partial charge in [-0.15, -0.1) is 0 Å². The van der Waals surface area contributed by atoms with Gasteiger partial charge in [-0.05, 0) is 23.8 Å². The van der Waals surface area contributed by atoms with Crippen LogP contribution in [0.1, 0.15) is 19.4 Å². The van der Waals surface area contributed by atoms with Crippen molar-refractivity contribution >= 4 is 12.0 Å². The van der Waals surface area contributed by atoms with Crippen LogP contribution in [-0.2, 0) is 9.53 Å².